The molecule has 2 aromatic carbocycles. The molecule has 0 bridgehead atoms. The number of allylic oxidation sites excluding steroid dienone is 1. The number of hydrazone groups is 1. The second-order valence-electron chi connectivity index (χ2n) is 6.21. The molecule has 1 amide bonds. The number of sulfonamides is 1. The molecule has 0 aromatic heterocycles. The van der Waals surface area contributed by atoms with Crippen LogP contribution in [0.3, 0.4) is 0 Å². The first-order valence-electron chi connectivity index (χ1n) is 8.38. The number of nitrogens with one attached hydrogen (secondary N) is 2. The minimum Gasteiger partial charge on any atom is -0.320 e. The van der Waals surface area contributed by atoms with Gasteiger partial charge in [-0.25, -0.2) is 13.6 Å². The topological polar surface area (TPSA) is 114 Å². The number of benzene rings is 2. The van der Waals surface area contributed by atoms with Gasteiger partial charge in [0, 0.05) is 5.56 Å². The van der Waals surface area contributed by atoms with Crippen molar-refractivity contribution >= 4 is 39.1 Å². The van der Waals surface area contributed by atoms with Gasteiger partial charge in [-0.05, 0) is 49.2 Å². The van der Waals surface area contributed by atoms with E-state index in [0.717, 1.165) is 17.5 Å². The van der Waals surface area contributed by atoms with Gasteiger partial charge < -0.3 is 5.32 Å². The minimum atomic E-state index is -3.75. The van der Waals surface area contributed by atoms with Crippen molar-refractivity contribution in [2.45, 2.75) is 25.2 Å². The number of carbonyl (C=O) groups is 1. The molecule has 0 saturated heterocycles. The third-order valence-corrected chi connectivity index (χ3v) is 5.17. The Balaban J connectivity index is 1.94. The highest BCUT2D eigenvalue weighted by atomic mass is 32.2. The van der Waals surface area contributed by atoms with Crippen molar-refractivity contribution in [3.63, 3.8) is 0 Å². The van der Waals surface area contributed by atoms with Crippen LogP contribution >= 0.6 is 0 Å². The van der Waals surface area contributed by atoms with Crippen molar-refractivity contribution in [3.05, 3.63) is 59.2 Å². The lowest BCUT2D eigenvalue weighted by atomic mass is 10.0. The molecule has 0 atom stereocenters. The summed E-state index contributed by atoms with van der Waals surface area (Å²) in [5.41, 5.74) is 7.16. The third kappa shape index (κ3) is 4.07. The molecule has 0 spiro atoms. The molecule has 0 fully saturated rings. The molecule has 140 valence electrons. The maximum absolute atomic E-state index is 12.3. The van der Waals surface area contributed by atoms with Crippen molar-refractivity contribution in [1.82, 2.24) is 0 Å². The second-order valence-corrected chi connectivity index (χ2v) is 7.77. The van der Waals surface area contributed by atoms with Gasteiger partial charge in [0.05, 0.1) is 16.3 Å². The van der Waals surface area contributed by atoms with Crippen molar-refractivity contribution in [2.75, 3.05) is 10.7 Å². The van der Waals surface area contributed by atoms with Crippen LogP contribution in [0.15, 0.2) is 58.0 Å². The Morgan fingerprint density at radius 3 is 2.56 bits per heavy atom. The van der Waals surface area contributed by atoms with Crippen LogP contribution in [0.4, 0.5) is 11.4 Å². The Bertz CT molecular complexity index is 1050. The summed E-state index contributed by atoms with van der Waals surface area (Å²) in [5.74, 6) is -0.298. The number of hydrogen-bond acceptors (Lipinski definition) is 5. The zero-order valence-corrected chi connectivity index (χ0v) is 15.8. The molecule has 2 aromatic rings. The highest BCUT2D eigenvalue weighted by molar-refractivity contribution is 7.89. The first kappa shape index (κ1) is 18.8. The van der Waals surface area contributed by atoms with E-state index in [4.69, 9.17) is 5.14 Å². The molecule has 1 heterocycles. The Labute approximate surface area is 158 Å². The van der Waals surface area contributed by atoms with Crippen molar-refractivity contribution in [2.24, 2.45) is 10.2 Å². The normalized spacial score (nSPS) is 15.6. The van der Waals surface area contributed by atoms with E-state index in [1.165, 1.54) is 29.8 Å². The summed E-state index contributed by atoms with van der Waals surface area (Å²) >= 11 is 0. The van der Waals surface area contributed by atoms with Gasteiger partial charge in [-0.2, -0.15) is 5.10 Å². The fourth-order valence-electron chi connectivity index (χ4n) is 2.67. The van der Waals surface area contributed by atoms with E-state index in [1.54, 1.807) is 0 Å². The van der Waals surface area contributed by atoms with Crippen LogP contribution in [-0.2, 0) is 14.8 Å². The number of rotatable bonds is 5. The van der Waals surface area contributed by atoms with Crippen LogP contribution in [0.5, 0.6) is 0 Å². The minimum absolute atomic E-state index is 0.00659. The number of anilines is 2. The monoisotopic (exact) mass is 384 g/mol. The average molecular weight is 384 g/mol. The van der Waals surface area contributed by atoms with E-state index in [0.29, 0.717) is 11.4 Å². The molecule has 7 nitrogen and oxygen atoms in total. The molecule has 3 rings (SSSR count). The predicted octanol–water partition coefficient (Wildman–Crippen LogP) is 2.92. The third-order valence-electron chi connectivity index (χ3n) is 4.24. The quantitative estimate of drug-likeness (QED) is 0.688. The van der Waals surface area contributed by atoms with Crippen molar-refractivity contribution < 1.29 is 13.2 Å². The molecule has 8 heteroatoms. The molecule has 0 aliphatic carbocycles. The van der Waals surface area contributed by atoms with Gasteiger partial charge >= 0.3 is 0 Å². The Hall–Kier alpha value is -2.97. The molecule has 0 radical (unpaired) electrons. The number of primary sulfonamides is 1. The number of fused-ring (bicyclic) bond motifs is 1. The Kier molecular flexibility index (Phi) is 5.11. The zero-order valence-electron chi connectivity index (χ0n) is 15.0. The standard InChI is InChI=1S/C19H20N4O3S/c1-3-12(2)11-13-5-4-6-16-17(13)18(19(24)21-16)23-22-14-7-9-15(10-8-14)27(20,25)26/h4-11,22H,3H2,1-2H3,(H2,20,25,26)(H,21,23,24)/b12-11-. The number of nitrogens with two attached hydrogens (primary N) is 1. The van der Waals surface area contributed by atoms with Crippen LogP contribution in [0.1, 0.15) is 31.4 Å². The maximum Gasteiger partial charge on any atom is 0.276 e. The maximum atomic E-state index is 12.3. The van der Waals surface area contributed by atoms with E-state index in [9.17, 15) is 13.2 Å². The number of carbonyl (C=O) groups excluding carboxylic acids is 1. The SMILES string of the molecule is CC/C(C)=C\c1cccc2c1/C(=N/Nc1ccc(S(N)(=O)=O)cc1)C(=O)N2. The van der Waals surface area contributed by atoms with E-state index in [1.807, 2.05) is 31.2 Å². The van der Waals surface area contributed by atoms with Crippen molar-refractivity contribution in [1.29, 1.82) is 0 Å². The molecule has 27 heavy (non-hydrogen) atoms. The lowest BCUT2D eigenvalue weighted by molar-refractivity contribution is -0.110. The Morgan fingerprint density at radius 2 is 1.93 bits per heavy atom. The number of hydrogen-bond donors (Lipinski definition) is 3. The van der Waals surface area contributed by atoms with Crippen LogP contribution in [0.25, 0.3) is 6.08 Å². The van der Waals surface area contributed by atoms with Gasteiger partial charge in [-0.1, -0.05) is 30.7 Å². The molecular formula is C19H20N4O3S. The molecule has 1 aliphatic heterocycles. The van der Waals surface area contributed by atoms with Gasteiger partial charge in [-0.15, -0.1) is 0 Å². The summed E-state index contributed by atoms with van der Waals surface area (Å²) in [6, 6.07) is 11.5. The summed E-state index contributed by atoms with van der Waals surface area (Å²) < 4.78 is 22.6. The van der Waals surface area contributed by atoms with Gasteiger partial charge in [0.25, 0.3) is 5.91 Å². The predicted molar refractivity (Wildman–Crippen MR) is 107 cm³/mol. The second kappa shape index (κ2) is 7.34. The van der Waals surface area contributed by atoms with Crippen LogP contribution in [0.2, 0.25) is 0 Å². The molecule has 0 saturated carbocycles. The van der Waals surface area contributed by atoms with Crippen LogP contribution in [-0.4, -0.2) is 20.0 Å². The molecule has 0 unspecified atom stereocenters. The summed E-state index contributed by atoms with van der Waals surface area (Å²) in [6.45, 7) is 4.10. The van der Waals surface area contributed by atoms with Gasteiger partial charge in [0.1, 0.15) is 0 Å². The molecular weight excluding hydrogens is 364 g/mol. The van der Waals surface area contributed by atoms with Crippen molar-refractivity contribution in [3.8, 4) is 0 Å². The van der Waals surface area contributed by atoms with E-state index in [-0.39, 0.29) is 16.5 Å². The van der Waals surface area contributed by atoms with E-state index >= 15 is 0 Å². The van der Waals surface area contributed by atoms with Crippen LogP contribution in [0, 0.1) is 0 Å². The summed E-state index contributed by atoms with van der Waals surface area (Å²) in [5, 5.41) is 12.1. The first-order valence-corrected chi connectivity index (χ1v) is 9.92. The zero-order chi connectivity index (χ0) is 19.6. The fraction of sp³-hybridized carbons (Fsp3) is 0.158. The average Bonchev–Trinajstić information content (AvgIpc) is 2.95. The first-order chi connectivity index (χ1) is 12.8. The summed E-state index contributed by atoms with van der Waals surface area (Å²) in [6.07, 6.45) is 2.95. The van der Waals surface area contributed by atoms with E-state index < -0.39 is 10.0 Å². The highest BCUT2D eigenvalue weighted by Crippen LogP contribution is 2.29. The van der Waals surface area contributed by atoms with Gasteiger partial charge in [0.2, 0.25) is 10.0 Å². The lowest BCUT2D eigenvalue weighted by Gasteiger charge is -2.06. The smallest absolute Gasteiger partial charge is 0.276 e. The lowest BCUT2D eigenvalue weighted by Crippen LogP contribution is -2.16. The molecule has 4 N–H and O–H groups in total. The highest BCUT2D eigenvalue weighted by Gasteiger charge is 2.28. The largest absolute Gasteiger partial charge is 0.320 e. The van der Waals surface area contributed by atoms with Gasteiger partial charge in [-0.3, -0.25) is 10.2 Å². The van der Waals surface area contributed by atoms with E-state index in [2.05, 4.69) is 22.8 Å². The van der Waals surface area contributed by atoms with Crippen LogP contribution < -0.4 is 15.9 Å². The summed E-state index contributed by atoms with van der Waals surface area (Å²) in [4.78, 5) is 12.4. The summed E-state index contributed by atoms with van der Waals surface area (Å²) in [7, 11) is -3.75. The Morgan fingerprint density at radius 1 is 1.22 bits per heavy atom. The fourth-order valence-corrected chi connectivity index (χ4v) is 3.18. The van der Waals surface area contributed by atoms with Gasteiger partial charge in [0.15, 0.2) is 5.71 Å². The number of amides is 1. The number of nitrogens with zero attached hydrogens (tertiary/aromatic N) is 1. The molecule has 1 aliphatic rings.